The van der Waals surface area contributed by atoms with Crippen molar-refractivity contribution >= 4 is 5.96 Å². The van der Waals surface area contributed by atoms with E-state index in [2.05, 4.69) is 40.0 Å². The van der Waals surface area contributed by atoms with E-state index in [0.29, 0.717) is 13.1 Å². The monoisotopic (exact) mass is 358 g/mol. The Balaban J connectivity index is 1.89. The number of nitrogens with one attached hydrogen (secondary N) is 2. The normalized spacial score (nSPS) is 11.4. The zero-order chi connectivity index (χ0) is 18.6. The predicted octanol–water partition coefficient (Wildman–Crippen LogP) is 2.70. The Morgan fingerprint density at radius 3 is 2.58 bits per heavy atom. The third-order valence-corrected chi connectivity index (χ3v) is 3.89. The van der Waals surface area contributed by atoms with Gasteiger partial charge >= 0.3 is 0 Å². The smallest absolute Gasteiger partial charge is 0.191 e. The van der Waals surface area contributed by atoms with Gasteiger partial charge in [0.25, 0.3) is 0 Å². The topological polar surface area (TPSA) is 59.8 Å². The summed E-state index contributed by atoms with van der Waals surface area (Å²) in [6, 6.07) is 10.1. The number of nitrogens with zero attached hydrogens (tertiary/aromatic N) is 2. The first-order valence-corrected chi connectivity index (χ1v) is 9.05. The summed E-state index contributed by atoms with van der Waals surface area (Å²) >= 11 is 0. The summed E-state index contributed by atoms with van der Waals surface area (Å²) in [7, 11) is 3.69. The van der Waals surface area contributed by atoms with Crippen LogP contribution in [0.3, 0.4) is 0 Å². The second kappa shape index (κ2) is 11.2. The molecule has 1 aromatic heterocycles. The summed E-state index contributed by atoms with van der Waals surface area (Å²) < 4.78 is 12.6. The molecule has 0 aliphatic carbocycles. The molecule has 6 heteroatoms. The summed E-state index contributed by atoms with van der Waals surface area (Å²) in [5.74, 6) is 1.67. The van der Waals surface area contributed by atoms with Crippen molar-refractivity contribution in [1.82, 2.24) is 15.2 Å². The van der Waals surface area contributed by atoms with Crippen molar-refractivity contribution in [1.29, 1.82) is 0 Å². The molecule has 0 amide bonds. The molecule has 6 nitrogen and oxygen atoms in total. The van der Waals surface area contributed by atoms with Crippen LogP contribution < -0.4 is 15.4 Å². The van der Waals surface area contributed by atoms with Crippen molar-refractivity contribution in [3.05, 3.63) is 53.9 Å². The van der Waals surface area contributed by atoms with Gasteiger partial charge in [-0.25, -0.2) is 4.99 Å². The molecule has 1 heterocycles. The fraction of sp³-hybridized carbons (Fsp3) is 0.450. The quantitative estimate of drug-likeness (QED) is 0.389. The van der Waals surface area contributed by atoms with Gasteiger partial charge in [-0.1, -0.05) is 12.1 Å². The number of aromatic nitrogens is 1. The molecule has 0 aliphatic rings. The first-order chi connectivity index (χ1) is 12.7. The van der Waals surface area contributed by atoms with E-state index in [1.807, 2.05) is 36.9 Å². The first-order valence-electron chi connectivity index (χ1n) is 9.05. The van der Waals surface area contributed by atoms with Gasteiger partial charge in [0.05, 0.1) is 13.7 Å². The summed E-state index contributed by atoms with van der Waals surface area (Å²) in [6.07, 6.45) is 5.06. The van der Waals surface area contributed by atoms with Crippen LogP contribution in [0.15, 0.2) is 47.7 Å². The Kier molecular flexibility index (Phi) is 8.55. The van der Waals surface area contributed by atoms with E-state index in [9.17, 15) is 0 Å². The number of hydrogen-bond acceptors (Lipinski definition) is 3. The van der Waals surface area contributed by atoms with Gasteiger partial charge in [0.1, 0.15) is 5.75 Å². The average Bonchev–Trinajstić information content (AvgIpc) is 3.08. The molecular formula is C20H30N4O2. The Morgan fingerprint density at radius 2 is 1.92 bits per heavy atom. The van der Waals surface area contributed by atoms with Crippen LogP contribution in [0.1, 0.15) is 24.5 Å². The molecule has 2 N–H and O–H groups in total. The molecule has 26 heavy (non-hydrogen) atoms. The largest absolute Gasteiger partial charge is 0.497 e. The first kappa shape index (κ1) is 19.8. The van der Waals surface area contributed by atoms with Crippen LogP contribution in [0.4, 0.5) is 0 Å². The van der Waals surface area contributed by atoms with Gasteiger partial charge in [-0.3, -0.25) is 0 Å². The second-order valence-electron chi connectivity index (χ2n) is 6.03. The summed E-state index contributed by atoms with van der Waals surface area (Å²) in [4.78, 5) is 4.69. The van der Waals surface area contributed by atoms with Crippen LogP contribution in [-0.2, 0) is 24.9 Å². The summed E-state index contributed by atoms with van der Waals surface area (Å²) in [6.45, 7) is 5.69. The number of guanidine groups is 1. The molecule has 2 aromatic rings. The van der Waals surface area contributed by atoms with Crippen molar-refractivity contribution in [2.24, 2.45) is 12.0 Å². The van der Waals surface area contributed by atoms with Gasteiger partial charge in [0.2, 0.25) is 0 Å². The van der Waals surface area contributed by atoms with Crippen molar-refractivity contribution < 1.29 is 9.47 Å². The number of aryl methyl sites for hydroxylation is 1. The molecule has 0 saturated heterocycles. The maximum Gasteiger partial charge on any atom is 0.191 e. The molecule has 0 spiro atoms. The van der Waals surface area contributed by atoms with Crippen LogP contribution in [-0.4, -0.2) is 37.4 Å². The molecule has 2 rings (SSSR count). The summed E-state index contributed by atoms with van der Waals surface area (Å²) in [5.41, 5.74) is 2.36. The standard InChI is InChI=1S/C20H30N4O2/c1-4-26-13-5-11-21-20(23-15-18-10-12-24(2)16-18)22-14-17-6-8-19(25-3)9-7-17/h6-10,12,16H,4-5,11,13-15H2,1-3H3,(H2,21,22,23). The van der Waals surface area contributed by atoms with Crippen LogP contribution in [0, 0.1) is 0 Å². The van der Waals surface area contributed by atoms with E-state index >= 15 is 0 Å². The molecule has 0 radical (unpaired) electrons. The Bertz CT molecular complexity index is 665. The molecule has 0 fully saturated rings. The lowest BCUT2D eigenvalue weighted by atomic mass is 10.2. The van der Waals surface area contributed by atoms with Gasteiger partial charge in [-0.05, 0) is 42.7 Å². The highest BCUT2D eigenvalue weighted by atomic mass is 16.5. The van der Waals surface area contributed by atoms with Crippen molar-refractivity contribution in [2.75, 3.05) is 26.9 Å². The molecule has 0 aliphatic heterocycles. The highest BCUT2D eigenvalue weighted by Crippen LogP contribution is 2.11. The van der Waals surface area contributed by atoms with Gasteiger partial charge in [0.15, 0.2) is 5.96 Å². The number of benzene rings is 1. The third kappa shape index (κ3) is 7.19. The van der Waals surface area contributed by atoms with Crippen LogP contribution in [0.25, 0.3) is 0 Å². The molecule has 0 unspecified atom stereocenters. The number of hydrogen-bond donors (Lipinski definition) is 2. The van der Waals surface area contributed by atoms with Crippen LogP contribution in [0.2, 0.25) is 0 Å². The third-order valence-electron chi connectivity index (χ3n) is 3.89. The zero-order valence-corrected chi connectivity index (χ0v) is 16.0. The number of aliphatic imine (C=N–C) groups is 1. The molecule has 0 atom stereocenters. The lowest BCUT2D eigenvalue weighted by molar-refractivity contribution is 0.145. The number of methoxy groups -OCH3 is 1. The van der Waals surface area contributed by atoms with Gasteiger partial charge in [-0.2, -0.15) is 0 Å². The maximum atomic E-state index is 5.38. The van der Waals surface area contributed by atoms with Gasteiger partial charge in [-0.15, -0.1) is 0 Å². The lowest BCUT2D eigenvalue weighted by Gasteiger charge is -2.13. The van der Waals surface area contributed by atoms with E-state index in [4.69, 9.17) is 9.47 Å². The molecule has 1 aromatic carbocycles. The fourth-order valence-corrected chi connectivity index (χ4v) is 2.45. The fourth-order valence-electron chi connectivity index (χ4n) is 2.45. The van der Waals surface area contributed by atoms with Crippen molar-refractivity contribution in [2.45, 2.75) is 26.4 Å². The molecule has 0 bridgehead atoms. The Labute approximate surface area is 156 Å². The molecule has 0 saturated carbocycles. The van der Waals surface area contributed by atoms with E-state index in [-0.39, 0.29) is 0 Å². The van der Waals surface area contributed by atoms with Gasteiger partial charge in [0, 0.05) is 45.7 Å². The predicted molar refractivity (Wildman–Crippen MR) is 105 cm³/mol. The second-order valence-corrected chi connectivity index (χ2v) is 6.03. The Morgan fingerprint density at radius 1 is 1.12 bits per heavy atom. The minimum atomic E-state index is 0.643. The van der Waals surface area contributed by atoms with E-state index < -0.39 is 0 Å². The van der Waals surface area contributed by atoms with Crippen LogP contribution in [0.5, 0.6) is 5.75 Å². The van der Waals surface area contributed by atoms with Crippen molar-refractivity contribution in [3.8, 4) is 5.75 Å². The highest BCUT2D eigenvalue weighted by Gasteiger charge is 2.01. The lowest BCUT2D eigenvalue weighted by Crippen LogP contribution is -2.37. The van der Waals surface area contributed by atoms with E-state index in [1.54, 1.807) is 7.11 Å². The summed E-state index contributed by atoms with van der Waals surface area (Å²) in [5, 5.41) is 6.77. The van der Waals surface area contributed by atoms with Crippen molar-refractivity contribution in [3.63, 3.8) is 0 Å². The van der Waals surface area contributed by atoms with Crippen LogP contribution >= 0.6 is 0 Å². The minimum absolute atomic E-state index is 0.643. The van der Waals surface area contributed by atoms with E-state index in [1.165, 1.54) is 11.1 Å². The highest BCUT2D eigenvalue weighted by molar-refractivity contribution is 5.79. The number of rotatable bonds is 10. The molecule has 142 valence electrons. The Hall–Kier alpha value is -2.47. The van der Waals surface area contributed by atoms with E-state index in [0.717, 1.165) is 37.9 Å². The van der Waals surface area contributed by atoms with Gasteiger partial charge < -0.3 is 24.7 Å². The SMILES string of the molecule is CCOCCCNC(=NCc1ccn(C)c1)NCc1ccc(OC)cc1. The number of ether oxygens (including phenoxy) is 2. The maximum absolute atomic E-state index is 5.38. The average molecular weight is 358 g/mol. The minimum Gasteiger partial charge on any atom is -0.497 e. The molecular weight excluding hydrogens is 328 g/mol. The zero-order valence-electron chi connectivity index (χ0n) is 16.0.